The predicted octanol–water partition coefficient (Wildman–Crippen LogP) is 0.353. The van der Waals surface area contributed by atoms with Gasteiger partial charge >= 0.3 is 0 Å². The first-order valence-corrected chi connectivity index (χ1v) is 8.37. The normalized spacial score (nSPS) is 17.6. The van der Waals surface area contributed by atoms with Crippen molar-refractivity contribution in [3.63, 3.8) is 0 Å². The number of aliphatic hydroxyl groups is 2. The molecule has 0 radical (unpaired) electrons. The maximum absolute atomic E-state index is 12.5. The van der Waals surface area contributed by atoms with Gasteiger partial charge in [0.25, 0.3) is 17.7 Å². The second kappa shape index (κ2) is 7.20. The van der Waals surface area contributed by atoms with Gasteiger partial charge < -0.3 is 15.5 Å². The van der Waals surface area contributed by atoms with Crippen molar-refractivity contribution in [2.45, 2.75) is 6.92 Å². The number of rotatable bonds is 4. The highest BCUT2D eigenvalue weighted by molar-refractivity contribution is 6.56. The summed E-state index contributed by atoms with van der Waals surface area (Å²) in [6.07, 6.45) is 2.12. The van der Waals surface area contributed by atoms with Crippen LogP contribution in [0, 0.1) is 6.92 Å². The number of benzene rings is 1. The Morgan fingerprint density at radius 2 is 1.89 bits per heavy atom. The quantitative estimate of drug-likeness (QED) is 0.507. The number of aliphatic imine (C=N–C) groups is 1. The van der Waals surface area contributed by atoms with E-state index in [4.69, 9.17) is 5.11 Å². The van der Waals surface area contributed by atoms with Crippen molar-refractivity contribution in [3.05, 3.63) is 52.3 Å². The first kappa shape index (κ1) is 19.2. The van der Waals surface area contributed by atoms with Gasteiger partial charge in [0.15, 0.2) is 0 Å². The highest BCUT2D eigenvalue weighted by Crippen LogP contribution is 2.33. The number of ketones is 1. The summed E-state index contributed by atoms with van der Waals surface area (Å²) in [4.78, 5) is 54.6. The SMILES string of the molecule is Cc1cc(N=C2C(=O)C=CC(O)=C2C(=O)NCCO)c2c(c1)C(=O)N(C)C2=O. The molecule has 1 aliphatic heterocycles. The number of aliphatic hydroxyl groups excluding tert-OH is 2. The Hall–Kier alpha value is -3.59. The molecule has 0 saturated carbocycles. The number of carbonyl (C=O) groups is 4. The van der Waals surface area contributed by atoms with Gasteiger partial charge in [-0.3, -0.25) is 24.1 Å². The van der Waals surface area contributed by atoms with E-state index < -0.39 is 29.3 Å². The smallest absolute Gasteiger partial charge is 0.263 e. The van der Waals surface area contributed by atoms with Gasteiger partial charge in [0, 0.05) is 13.6 Å². The van der Waals surface area contributed by atoms with Crippen molar-refractivity contribution < 1.29 is 29.4 Å². The molecule has 0 bridgehead atoms. The van der Waals surface area contributed by atoms with Crippen LogP contribution >= 0.6 is 0 Å². The van der Waals surface area contributed by atoms with E-state index >= 15 is 0 Å². The average Bonchev–Trinajstić information content (AvgIpc) is 2.87. The van der Waals surface area contributed by atoms with Crippen molar-refractivity contribution in [2.24, 2.45) is 4.99 Å². The van der Waals surface area contributed by atoms with Crippen molar-refractivity contribution in [2.75, 3.05) is 20.2 Å². The lowest BCUT2D eigenvalue weighted by Gasteiger charge is -2.14. The number of nitrogens with one attached hydrogen (secondary N) is 1. The van der Waals surface area contributed by atoms with Crippen LogP contribution in [-0.4, -0.2) is 64.5 Å². The predicted molar refractivity (Wildman–Crippen MR) is 98.6 cm³/mol. The van der Waals surface area contributed by atoms with Crippen LogP contribution in [0.4, 0.5) is 5.69 Å². The molecule has 3 N–H and O–H groups in total. The first-order chi connectivity index (χ1) is 13.3. The van der Waals surface area contributed by atoms with E-state index in [1.165, 1.54) is 13.1 Å². The van der Waals surface area contributed by atoms with Crippen molar-refractivity contribution in [1.29, 1.82) is 0 Å². The summed E-state index contributed by atoms with van der Waals surface area (Å²) in [6.45, 7) is 1.29. The van der Waals surface area contributed by atoms with Gasteiger partial charge in [-0.05, 0) is 36.8 Å². The zero-order valence-electron chi connectivity index (χ0n) is 15.1. The fourth-order valence-corrected chi connectivity index (χ4v) is 2.96. The van der Waals surface area contributed by atoms with E-state index in [-0.39, 0.29) is 41.3 Å². The zero-order chi connectivity index (χ0) is 20.6. The summed E-state index contributed by atoms with van der Waals surface area (Å²) < 4.78 is 0. The second-order valence-corrected chi connectivity index (χ2v) is 6.27. The molecule has 3 amide bonds. The third kappa shape index (κ3) is 3.12. The van der Waals surface area contributed by atoms with Crippen LogP contribution in [0.25, 0.3) is 0 Å². The third-order valence-corrected chi connectivity index (χ3v) is 4.29. The van der Waals surface area contributed by atoms with Crippen molar-refractivity contribution >= 4 is 34.9 Å². The maximum Gasteiger partial charge on any atom is 0.263 e. The number of nitrogens with zero attached hydrogens (tertiary/aromatic N) is 2. The summed E-state index contributed by atoms with van der Waals surface area (Å²) in [5.41, 5.74) is 0.136. The zero-order valence-corrected chi connectivity index (χ0v) is 15.1. The average molecular weight is 383 g/mol. The van der Waals surface area contributed by atoms with E-state index in [2.05, 4.69) is 10.3 Å². The Bertz CT molecular complexity index is 1020. The van der Waals surface area contributed by atoms with Gasteiger partial charge in [-0.25, -0.2) is 4.99 Å². The van der Waals surface area contributed by atoms with Crippen LogP contribution in [0.5, 0.6) is 0 Å². The molecule has 0 spiro atoms. The molecule has 1 aromatic rings. The Balaban J connectivity index is 2.18. The molecule has 0 aromatic heterocycles. The molecule has 2 aliphatic rings. The van der Waals surface area contributed by atoms with Crippen LogP contribution in [0.1, 0.15) is 26.3 Å². The molecule has 9 nitrogen and oxygen atoms in total. The molecule has 9 heteroatoms. The summed E-state index contributed by atoms with van der Waals surface area (Å²) in [6, 6.07) is 3.07. The molecule has 3 rings (SSSR count). The third-order valence-electron chi connectivity index (χ3n) is 4.29. The van der Waals surface area contributed by atoms with Crippen molar-refractivity contribution in [1.82, 2.24) is 10.2 Å². The molecule has 1 aliphatic carbocycles. The van der Waals surface area contributed by atoms with Gasteiger partial charge in [-0.15, -0.1) is 0 Å². The number of allylic oxidation sites excluding steroid dienone is 2. The highest BCUT2D eigenvalue weighted by Gasteiger charge is 2.36. The monoisotopic (exact) mass is 383 g/mol. The van der Waals surface area contributed by atoms with E-state index in [1.807, 2.05) is 0 Å². The number of aryl methyl sites for hydroxylation is 1. The summed E-state index contributed by atoms with van der Waals surface area (Å²) in [5.74, 6) is -2.98. The number of hydrogen-bond donors (Lipinski definition) is 3. The van der Waals surface area contributed by atoms with E-state index in [9.17, 15) is 24.3 Å². The van der Waals surface area contributed by atoms with Crippen LogP contribution < -0.4 is 5.32 Å². The largest absolute Gasteiger partial charge is 0.507 e. The topological polar surface area (TPSA) is 136 Å². The number of carbonyl (C=O) groups excluding carboxylic acids is 4. The lowest BCUT2D eigenvalue weighted by molar-refractivity contribution is -0.117. The molecule has 0 unspecified atom stereocenters. The minimum absolute atomic E-state index is 0.0301. The van der Waals surface area contributed by atoms with Crippen LogP contribution in [-0.2, 0) is 9.59 Å². The lowest BCUT2D eigenvalue weighted by atomic mass is 9.98. The number of hydrogen-bond acceptors (Lipinski definition) is 7. The highest BCUT2D eigenvalue weighted by atomic mass is 16.3. The maximum atomic E-state index is 12.5. The molecule has 0 saturated heterocycles. The Morgan fingerprint density at radius 1 is 1.18 bits per heavy atom. The molecular weight excluding hydrogens is 366 g/mol. The van der Waals surface area contributed by atoms with Crippen molar-refractivity contribution in [3.8, 4) is 0 Å². The standard InChI is InChI=1S/C19H17N3O6/c1-9-7-10-14(19(28)22(2)18(10)27)11(8-9)21-16-13(25)4-3-12(24)15(16)17(26)20-5-6-23/h3-4,7-8,23-24H,5-6H2,1-2H3,(H,20,26). The van der Waals surface area contributed by atoms with Crippen LogP contribution in [0.2, 0.25) is 0 Å². The van der Waals surface area contributed by atoms with E-state index in [1.54, 1.807) is 13.0 Å². The number of imide groups is 1. The van der Waals surface area contributed by atoms with E-state index in [0.29, 0.717) is 5.56 Å². The molecule has 28 heavy (non-hydrogen) atoms. The fourth-order valence-electron chi connectivity index (χ4n) is 2.96. The minimum atomic E-state index is -0.799. The molecule has 1 heterocycles. The van der Waals surface area contributed by atoms with E-state index in [0.717, 1.165) is 17.1 Å². The molecule has 1 aromatic carbocycles. The first-order valence-electron chi connectivity index (χ1n) is 8.37. The van der Waals surface area contributed by atoms with Gasteiger partial charge in [0.1, 0.15) is 17.0 Å². The van der Waals surface area contributed by atoms with Gasteiger partial charge in [-0.1, -0.05) is 0 Å². The fraction of sp³-hybridized carbons (Fsp3) is 0.211. The Kier molecular flexibility index (Phi) is 4.93. The number of amides is 3. The van der Waals surface area contributed by atoms with Gasteiger partial charge in [0.2, 0.25) is 5.78 Å². The van der Waals surface area contributed by atoms with Crippen LogP contribution in [0.3, 0.4) is 0 Å². The summed E-state index contributed by atoms with van der Waals surface area (Å²) in [7, 11) is 1.34. The summed E-state index contributed by atoms with van der Waals surface area (Å²) in [5, 5.41) is 21.3. The Labute approximate surface area is 159 Å². The lowest BCUT2D eigenvalue weighted by Crippen LogP contribution is -2.35. The molecule has 0 fully saturated rings. The minimum Gasteiger partial charge on any atom is -0.507 e. The van der Waals surface area contributed by atoms with Crippen LogP contribution in [0.15, 0.2) is 40.6 Å². The molecule has 144 valence electrons. The van der Waals surface area contributed by atoms with Gasteiger partial charge in [-0.2, -0.15) is 0 Å². The van der Waals surface area contributed by atoms with Gasteiger partial charge in [0.05, 0.1) is 23.4 Å². The molecule has 0 atom stereocenters. The number of fused-ring (bicyclic) bond motifs is 1. The molecular formula is C19H17N3O6. The Morgan fingerprint density at radius 3 is 2.57 bits per heavy atom. The summed E-state index contributed by atoms with van der Waals surface area (Å²) >= 11 is 0. The second-order valence-electron chi connectivity index (χ2n) is 6.27.